The molecule has 2 unspecified atom stereocenters. The van der Waals surface area contributed by atoms with Crippen molar-refractivity contribution in [2.24, 2.45) is 0 Å². The number of piperidine rings is 1. The molecule has 0 bridgehead atoms. The summed E-state index contributed by atoms with van der Waals surface area (Å²) in [5, 5.41) is 0. The summed E-state index contributed by atoms with van der Waals surface area (Å²) in [6.45, 7) is 8.01. The number of hydrogen-bond acceptors (Lipinski definition) is 1. The largest absolute Gasteiger partial charge is 0.294 e. The van der Waals surface area contributed by atoms with E-state index in [1.54, 1.807) is 0 Å². The van der Waals surface area contributed by atoms with E-state index in [9.17, 15) is 0 Å². The maximum absolute atomic E-state index is 2.67. The van der Waals surface area contributed by atoms with Crippen LogP contribution in [0.3, 0.4) is 0 Å². The number of aryl methyl sites for hydroxylation is 1. The van der Waals surface area contributed by atoms with Gasteiger partial charge in [0, 0.05) is 18.6 Å². The van der Waals surface area contributed by atoms with Crippen molar-refractivity contribution in [2.75, 3.05) is 0 Å². The SMILES string of the molecule is Cc1ccccc1-c1cccc(CN2C(C)CCCC2C)c1. The second-order valence-corrected chi connectivity index (χ2v) is 6.82. The lowest BCUT2D eigenvalue weighted by Gasteiger charge is -2.39. The molecule has 22 heavy (non-hydrogen) atoms. The zero-order valence-corrected chi connectivity index (χ0v) is 14.0. The summed E-state index contributed by atoms with van der Waals surface area (Å²) < 4.78 is 0. The van der Waals surface area contributed by atoms with Gasteiger partial charge in [0.05, 0.1) is 0 Å². The second kappa shape index (κ2) is 6.66. The Hall–Kier alpha value is -1.60. The van der Waals surface area contributed by atoms with Gasteiger partial charge in [-0.25, -0.2) is 0 Å². The monoisotopic (exact) mass is 293 g/mol. The third-order valence-corrected chi connectivity index (χ3v) is 5.12. The van der Waals surface area contributed by atoms with Gasteiger partial charge in [-0.3, -0.25) is 4.90 Å². The van der Waals surface area contributed by atoms with E-state index >= 15 is 0 Å². The van der Waals surface area contributed by atoms with Gasteiger partial charge in [0.2, 0.25) is 0 Å². The summed E-state index contributed by atoms with van der Waals surface area (Å²) >= 11 is 0. The van der Waals surface area contributed by atoms with Crippen LogP contribution in [0.2, 0.25) is 0 Å². The average molecular weight is 293 g/mol. The molecule has 1 nitrogen and oxygen atoms in total. The van der Waals surface area contributed by atoms with E-state index in [-0.39, 0.29) is 0 Å². The van der Waals surface area contributed by atoms with Gasteiger partial charge in [-0.2, -0.15) is 0 Å². The van der Waals surface area contributed by atoms with E-state index in [0.29, 0.717) is 12.1 Å². The summed E-state index contributed by atoms with van der Waals surface area (Å²) in [6, 6.07) is 19.1. The zero-order valence-electron chi connectivity index (χ0n) is 14.0. The zero-order chi connectivity index (χ0) is 15.5. The fraction of sp³-hybridized carbons (Fsp3) is 0.429. The highest BCUT2D eigenvalue weighted by molar-refractivity contribution is 5.67. The van der Waals surface area contributed by atoms with E-state index in [4.69, 9.17) is 0 Å². The van der Waals surface area contributed by atoms with Crippen LogP contribution >= 0.6 is 0 Å². The molecule has 1 aliphatic rings. The standard InChI is InChI=1S/C21H27N/c1-16-8-4-5-13-21(16)20-12-7-11-19(14-20)15-22-17(2)9-6-10-18(22)3/h4-5,7-8,11-14,17-18H,6,9-10,15H2,1-3H3. The smallest absolute Gasteiger partial charge is 0.0239 e. The molecule has 0 aliphatic carbocycles. The lowest BCUT2D eigenvalue weighted by molar-refractivity contribution is 0.0953. The summed E-state index contributed by atoms with van der Waals surface area (Å²) in [5.74, 6) is 0. The van der Waals surface area contributed by atoms with E-state index in [0.717, 1.165) is 6.54 Å². The lowest BCUT2D eigenvalue weighted by Crippen LogP contribution is -2.42. The third kappa shape index (κ3) is 3.25. The fourth-order valence-electron chi connectivity index (χ4n) is 3.73. The van der Waals surface area contributed by atoms with Crippen molar-refractivity contribution < 1.29 is 0 Å². The molecule has 1 saturated heterocycles. The molecular formula is C21H27N. The number of likely N-dealkylation sites (tertiary alicyclic amines) is 1. The highest BCUT2D eigenvalue weighted by Gasteiger charge is 2.24. The maximum atomic E-state index is 2.67. The van der Waals surface area contributed by atoms with Crippen LogP contribution in [-0.2, 0) is 6.54 Å². The van der Waals surface area contributed by atoms with E-state index in [1.807, 2.05) is 0 Å². The first-order valence-electron chi connectivity index (χ1n) is 8.56. The Morgan fingerprint density at radius 1 is 0.955 bits per heavy atom. The van der Waals surface area contributed by atoms with Gasteiger partial charge in [-0.05, 0) is 61.9 Å². The van der Waals surface area contributed by atoms with Crippen molar-refractivity contribution in [1.29, 1.82) is 0 Å². The molecular weight excluding hydrogens is 266 g/mol. The van der Waals surface area contributed by atoms with Gasteiger partial charge < -0.3 is 0 Å². The Bertz CT molecular complexity index is 621. The van der Waals surface area contributed by atoms with Crippen molar-refractivity contribution in [3.8, 4) is 11.1 Å². The molecule has 0 amide bonds. The van der Waals surface area contributed by atoms with Crippen molar-refractivity contribution >= 4 is 0 Å². The van der Waals surface area contributed by atoms with Crippen LogP contribution in [0.1, 0.15) is 44.2 Å². The van der Waals surface area contributed by atoms with Crippen molar-refractivity contribution in [2.45, 2.75) is 58.7 Å². The van der Waals surface area contributed by atoms with Crippen LogP contribution in [0.4, 0.5) is 0 Å². The first-order valence-corrected chi connectivity index (χ1v) is 8.56. The Labute approximate surface area is 135 Å². The van der Waals surface area contributed by atoms with Gasteiger partial charge >= 0.3 is 0 Å². The molecule has 0 N–H and O–H groups in total. The highest BCUT2D eigenvalue weighted by Crippen LogP contribution is 2.27. The Morgan fingerprint density at radius 3 is 2.41 bits per heavy atom. The summed E-state index contributed by atoms with van der Waals surface area (Å²) in [4.78, 5) is 2.67. The quantitative estimate of drug-likeness (QED) is 0.730. The Kier molecular flexibility index (Phi) is 4.63. The molecule has 3 rings (SSSR count). The molecule has 0 spiro atoms. The van der Waals surface area contributed by atoms with Crippen LogP contribution in [-0.4, -0.2) is 17.0 Å². The van der Waals surface area contributed by atoms with Crippen LogP contribution in [0.25, 0.3) is 11.1 Å². The number of benzene rings is 2. The van der Waals surface area contributed by atoms with Gasteiger partial charge in [0.15, 0.2) is 0 Å². The van der Waals surface area contributed by atoms with Gasteiger partial charge in [0.1, 0.15) is 0 Å². The molecule has 2 atom stereocenters. The minimum Gasteiger partial charge on any atom is -0.294 e. The third-order valence-electron chi connectivity index (χ3n) is 5.12. The minimum absolute atomic E-state index is 0.700. The summed E-state index contributed by atoms with van der Waals surface area (Å²) in [5.41, 5.74) is 5.47. The van der Waals surface area contributed by atoms with Crippen LogP contribution in [0, 0.1) is 6.92 Å². The van der Waals surface area contributed by atoms with Crippen molar-refractivity contribution in [1.82, 2.24) is 4.90 Å². The van der Waals surface area contributed by atoms with Gasteiger partial charge in [0.25, 0.3) is 0 Å². The average Bonchev–Trinajstić information content (AvgIpc) is 2.52. The first kappa shape index (κ1) is 15.3. The van der Waals surface area contributed by atoms with Gasteiger partial charge in [-0.15, -0.1) is 0 Å². The Morgan fingerprint density at radius 2 is 1.68 bits per heavy atom. The number of nitrogens with zero attached hydrogens (tertiary/aromatic N) is 1. The molecule has 0 radical (unpaired) electrons. The topological polar surface area (TPSA) is 3.24 Å². The predicted molar refractivity (Wildman–Crippen MR) is 94.9 cm³/mol. The molecule has 2 aromatic rings. The molecule has 0 saturated carbocycles. The predicted octanol–water partition coefficient (Wildman–Crippen LogP) is 5.42. The normalized spacial score (nSPS) is 22.7. The van der Waals surface area contributed by atoms with E-state index < -0.39 is 0 Å². The maximum Gasteiger partial charge on any atom is 0.0239 e. The fourth-order valence-corrected chi connectivity index (χ4v) is 3.73. The molecule has 1 aliphatic heterocycles. The molecule has 116 valence electrons. The molecule has 1 heterocycles. The second-order valence-electron chi connectivity index (χ2n) is 6.82. The van der Waals surface area contributed by atoms with E-state index in [2.05, 4.69) is 74.2 Å². The van der Waals surface area contributed by atoms with Crippen molar-refractivity contribution in [3.63, 3.8) is 0 Å². The molecule has 0 aromatic heterocycles. The molecule has 2 aromatic carbocycles. The van der Waals surface area contributed by atoms with Gasteiger partial charge in [-0.1, -0.05) is 48.9 Å². The molecule has 1 heteroatoms. The van der Waals surface area contributed by atoms with Crippen LogP contribution < -0.4 is 0 Å². The number of hydrogen-bond donors (Lipinski definition) is 0. The lowest BCUT2D eigenvalue weighted by atomic mass is 9.95. The molecule has 1 fully saturated rings. The summed E-state index contributed by atoms with van der Waals surface area (Å²) in [7, 11) is 0. The first-order chi connectivity index (χ1) is 10.6. The van der Waals surface area contributed by atoms with Crippen LogP contribution in [0.5, 0.6) is 0 Å². The summed E-state index contributed by atoms with van der Waals surface area (Å²) in [6.07, 6.45) is 4.05. The van der Waals surface area contributed by atoms with Crippen molar-refractivity contribution in [3.05, 3.63) is 59.7 Å². The number of rotatable bonds is 3. The van der Waals surface area contributed by atoms with Crippen LogP contribution in [0.15, 0.2) is 48.5 Å². The highest BCUT2D eigenvalue weighted by atomic mass is 15.2. The van der Waals surface area contributed by atoms with E-state index in [1.165, 1.54) is 41.5 Å². The Balaban J connectivity index is 1.84. The minimum atomic E-state index is 0.700.